The van der Waals surface area contributed by atoms with Crippen LogP contribution in [0.15, 0.2) is 0 Å². The molecule has 0 aliphatic carbocycles. The van der Waals surface area contributed by atoms with Crippen molar-refractivity contribution in [2.45, 2.75) is 26.7 Å². The first-order chi connectivity index (χ1) is 7.52. The van der Waals surface area contributed by atoms with Crippen LogP contribution in [0, 0.1) is 29.1 Å². The molecule has 0 radical (unpaired) electrons. The predicted octanol–water partition coefficient (Wildman–Crippen LogP) is 0.979. The Hall–Kier alpha value is -1.08. The van der Waals surface area contributed by atoms with Crippen LogP contribution in [0.5, 0.6) is 0 Å². The van der Waals surface area contributed by atoms with Crippen LogP contribution in [0.1, 0.15) is 26.7 Å². The molecular formula is C12H21N3O. The molecule has 1 heterocycles. The topological polar surface area (TPSA) is 70.1 Å². The van der Waals surface area contributed by atoms with Crippen LogP contribution in [0.2, 0.25) is 0 Å². The summed E-state index contributed by atoms with van der Waals surface area (Å²) in [4.78, 5) is 13.2. The Morgan fingerprint density at radius 3 is 2.75 bits per heavy atom. The van der Waals surface area contributed by atoms with Gasteiger partial charge in [-0.15, -0.1) is 0 Å². The Balaban J connectivity index is 2.38. The maximum atomic E-state index is 11.0. The molecule has 1 aliphatic rings. The summed E-state index contributed by atoms with van der Waals surface area (Å²) >= 11 is 0. The van der Waals surface area contributed by atoms with Crippen molar-refractivity contribution in [1.29, 1.82) is 5.26 Å². The van der Waals surface area contributed by atoms with Crippen molar-refractivity contribution < 1.29 is 4.79 Å². The number of nitriles is 1. The molecule has 16 heavy (non-hydrogen) atoms. The Bertz CT molecular complexity index is 282. The van der Waals surface area contributed by atoms with E-state index in [0.717, 1.165) is 32.5 Å². The zero-order valence-electron chi connectivity index (χ0n) is 10.1. The highest BCUT2D eigenvalue weighted by Crippen LogP contribution is 2.19. The molecule has 1 fully saturated rings. The van der Waals surface area contributed by atoms with E-state index < -0.39 is 0 Å². The molecule has 0 aromatic heterocycles. The number of hydrogen-bond donors (Lipinski definition) is 1. The first-order valence-corrected chi connectivity index (χ1v) is 5.94. The summed E-state index contributed by atoms with van der Waals surface area (Å²) in [6, 6.07) is 2.35. The summed E-state index contributed by atoms with van der Waals surface area (Å²) in [5.74, 6) is 0.393. The van der Waals surface area contributed by atoms with E-state index in [1.54, 1.807) is 0 Å². The summed E-state index contributed by atoms with van der Waals surface area (Å²) in [6.45, 7) is 6.65. The van der Waals surface area contributed by atoms with Gasteiger partial charge in [-0.25, -0.2) is 0 Å². The van der Waals surface area contributed by atoms with E-state index in [2.05, 4.69) is 24.8 Å². The molecule has 0 saturated carbocycles. The minimum Gasteiger partial charge on any atom is -0.369 e. The molecule has 0 aromatic rings. The molecule has 1 amide bonds. The molecule has 90 valence electrons. The lowest BCUT2D eigenvalue weighted by Crippen LogP contribution is -2.30. The number of nitrogens with zero attached hydrogens (tertiary/aromatic N) is 2. The molecule has 0 spiro atoms. The first-order valence-electron chi connectivity index (χ1n) is 5.94. The van der Waals surface area contributed by atoms with Gasteiger partial charge in [0.25, 0.3) is 0 Å². The number of carbonyl (C=O) groups excluding carboxylic acids is 1. The van der Waals surface area contributed by atoms with Crippen LogP contribution in [-0.2, 0) is 4.79 Å². The predicted molar refractivity (Wildman–Crippen MR) is 62.3 cm³/mol. The van der Waals surface area contributed by atoms with Crippen LogP contribution in [-0.4, -0.2) is 30.4 Å². The summed E-state index contributed by atoms with van der Waals surface area (Å²) in [6.07, 6.45) is 1.77. The van der Waals surface area contributed by atoms with Gasteiger partial charge in [0.2, 0.25) is 5.91 Å². The van der Waals surface area contributed by atoms with E-state index in [4.69, 9.17) is 11.0 Å². The number of carbonyl (C=O) groups is 1. The Morgan fingerprint density at radius 1 is 1.62 bits per heavy atom. The largest absolute Gasteiger partial charge is 0.369 e. The molecule has 2 N–H and O–H groups in total. The van der Waals surface area contributed by atoms with Gasteiger partial charge in [-0.2, -0.15) is 5.26 Å². The van der Waals surface area contributed by atoms with Gasteiger partial charge in [-0.1, -0.05) is 13.8 Å². The van der Waals surface area contributed by atoms with E-state index >= 15 is 0 Å². The second-order valence-corrected chi connectivity index (χ2v) is 5.10. The lowest BCUT2D eigenvalue weighted by Gasteiger charge is -2.20. The van der Waals surface area contributed by atoms with Gasteiger partial charge in [0.1, 0.15) is 0 Å². The summed E-state index contributed by atoms with van der Waals surface area (Å²) in [7, 11) is 0. The number of primary amides is 1. The van der Waals surface area contributed by atoms with E-state index in [9.17, 15) is 4.79 Å². The van der Waals surface area contributed by atoms with Crippen molar-refractivity contribution >= 4 is 5.91 Å². The van der Waals surface area contributed by atoms with Crippen molar-refractivity contribution in [3.05, 3.63) is 0 Å². The highest BCUT2D eigenvalue weighted by Gasteiger charge is 2.28. The van der Waals surface area contributed by atoms with Gasteiger partial charge in [0.15, 0.2) is 0 Å². The second kappa shape index (κ2) is 5.86. The highest BCUT2D eigenvalue weighted by atomic mass is 16.1. The molecule has 1 aliphatic heterocycles. The molecule has 4 nitrogen and oxygen atoms in total. The maximum Gasteiger partial charge on any atom is 0.221 e. The number of rotatable bonds is 5. The average molecular weight is 223 g/mol. The second-order valence-electron chi connectivity index (χ2n) is 5.10. The third-order valence-electron chi connectivity index (χ3n) is 3.09. The fourth-order valence-corrected chi connectivity index (χ4v) is 2.28. The Labute approximate surface area is 97.4 Å². The van der Waals surface area contributed by atoms with Crippen LogP contribution in [0.3, 0.4) is 0 Å². The monoisotopic (exact) mass is 223 g/mol. The van der Waals surface area contributed by atoms with Crippen LogP contribution in [0.4, 0.5) is 0 Å². The lowest BCUT2D eigenvalue weighted by molar-refractivity contribution is -0.121. The molecule has 1 saturated heterocycles. The molecule has 2 atom stereocenters. The summed E-state index contributed by atoms with van der Waals surface area (Å²) < 4.78 is 0. The Morgan fingerprint density at radius 2 is 2.31 bits per heavy atom. The van der Waals surface area contributed by atoms with Crippen LogP contribution in [0.25, 0.3) is 0 Å². The smallest absolute Gasteiger partial charge is 0.221 e. The highest BCUT2D eigenvalue weighted by molar-refractivity contribution is 5.77. The normalized spacial score (nSPS) is 23.2. The molecule has 0 bridgehead atoms. The number of likely N-dealkylation sites (tertiary alicyclic amines) is 1. The Kier molecular flexibility index (Phi) is 4.75. The van der Waals surface area contributed by atoms with Gasteiger partial charge < -0.3 is 10.6 Å². The fraction of sp³-hybridized carbons (Fsp3) is 0.833. The average Bonchev–Trinajstić information content (AvgIpc) is 2.64. The minimum absolute atomic E-state index is 0.0154. The molecule has 1 rings (SSSR count). The van der Waals surface area contributed by atoms with Gasteiger partial charge in [0, 0.05) is 13.1 Å². The number of nitrogens with two attached hydrogens (primary N) is 1. The van der Waals surface area contributed by atoms with E-state index in [0.29, 0.717) is 5.92 Å². The van der Waals surface area contributed by atoms with E-state index in [1.165, 1.54) is 0 Å². The summed E-state index contributed by atoms with van der Waals surface area (Å²) in [5, 5.41) is 9.04. The molecule has 0 aromatic carbocycles. The number of hydrogen-bond acceptors (Lipinski definition) is 3. The SMILES string of the molecule is CC(C)C[C@H](C#N)CN1CC[C@H](C(N)=O)C1. The van der Waals surface area contributed by atoms with E-state index in [1.807, 2.05) is 0 Å². The zero-order chi connectivity index (χ0) is 12.1. The van der Waals surface area contributed by atoms with Crippen molar-refractivity contribution in [2.75, 3.05) is 19.6 Å². The van der Waals surface area contributed by atoms with Crippen molar-refractivity contribution in [1.82, 2.24) is 4.90 Å². The van der Waals surface area contributed by atoms with E-state index in [-0.39, 0.29) is 17.7 Å². The molecule has 0 unspecified atom stereocenters. The third-order valence-corrected chi connectivity index (χ3v) is 3.09. The third kappa shape index (κ3) is 3.82. The van der Waals surface area contributed by atoms with Gasteiger partial charge in [-0.05, 0) is 25.3 Å². The van der Waals surface area contributed by atoms with Gasteiger partial charge in [0.05, 0.1) is 17.9 Å². The van der Waals surface area contributed by atoms with Crippen LogP contribution >= 0.6 is 0 Å². The standard InChI is InChI=1S/C12H21N3O/c1-9(2)5-10(6-13)7-15-4-3-11(8-15)12(14)16/h9-11H,3-5,7-8H2,1-2H3,(H2,14,16)/t10-,11+/m1/s1. The number of amides is 1. The zero-order valence-corrected chi connectivity index (χ0v) is 10.1. The summed E-state index contributed by atoms with van der Waals surface area (Å²) in [5.41, 5.74) is 5.27. The minimum atomic E-state index is -0.208. The molecular weight excluding hydrogens is 202 g/mol. The van der Waals surface area contributed by atoms with Crippen molar-refractivity contribution in [2.24, 2.45) is 23.5 Å². The maximum absolute atomic E-state index is 11.0. The molecule has 4 heteroatoms. The fourth-order valence-electron chi connectivity index (χ4n) is 2.28. The van der Waals surface area contributed by atoms with Gasteiger partial charge in [-0.3, -0.25) is 4.79 Å². The van der Waals surface area contributed by atoms with Crippen molar-refractivity contribution in [3.63, 3.8) is 0 Å². The van der Waals surface area contributed by atoms with Gasteiger partial charge >= 0.3 is 0 Å². The van der Waals surface area contributed by atoms with Crippen molar-refractivity contribution in [3.8, 4) is 6.07 Å². The quantitative estimate of drug-likeness (QED) is 0.755. The lowest BCUT2D eigenvalue weighted by atomic mass is 9.98. The van der Waals surface area contributed by atoms with Crippen LogP contribution < -0.4 is 5.73 Å². The first kappa shape index (κ1) is 13.0.